The number of amides is 4. The second kappa shape index (κ2) is 7.94. The lowest BCUT2D eigenvalue weighted by atomic mass is 9.77. The highest BCUT2D eigenvalue weighted by Crippen LogP contribution is 2.35. The Balaban J connectivity index is 1.28. The van der Waals surface area contributed by atoms with Crippen LogP contribution in [0.1, 0.15) is 32.6 Å². The number of aromatic nitrogens is 2. The first-order valence-corrected chi connectivity index (χ1v) is 10.2. The average Bonchev–Trinajstić information content (AvgIpc) is 2.96. The number of piperazine rings is 1. The van der Waals surface area contributed by atoms with Gasteiger partial charge >= 0.3 is 6.03 Å². The molecule has 3 aliphatic rings. The van der Waals surface area contributed by atoms with E-state index in [9.17, 15) is 14.4 Å². The van der Waals surface area contributed by atoms with Crippen LogP contribution in [0, 0.1) is 5.92 Å². The van der Waals surface area contributed by atoms with Gasteiger partial charge in [-0.3, -0.25) is 19.9 Å². The SMILES string of the molecule is CC1CCC2(CC1)NC(=O)N(NC(=O)CN1CCN(c3ncccn3)CC1)C2=O. The van der Waals surface area contributed by atoms with Crippen LogP contribution in [0.2, 0.25) is 0 Å². The van der Waals surface area contributed by atoms with Crippen LogP contribution in [-0.4, -0.2) is 76.0 Å². The standard InChI is InChI=1S/C19H27N7O3/c1-14-3-5-19(6-4-14)16(28)26(18(29)22-19)23-15(27)13-24-9-11-25(12-10-24)17-20-7-2-8-21-17/h2,7-8,14H,3-6,9-13H2,1H3,(H,22,29)(H,23,27). The molecule has 4 amide bonds. The van der Waals surface area contributed by atoms with Crippen molar-refractivity contribution >= 4 is 23.8 Å². The number of nitrogens with one attached hydrogen (secondary N) is 2. The van der Waals surface area contributed by atoms with E-state index in [4.69, 9.17) is 0 Å². The molecule has 0 bridgehead atoms. The van der Waals surface area contributed by atoms with Gasteiger partial charge in [0.2, 0.25) is 5.95 Å². The molecule has 1 aromatic heterocycles. The second-order valence-electron chi connectivity index (χ2n) is 8.18. The van der Waals surface area contributed by atoms with Gasteiger partial charge < -0.3 is 10.2 Å². The Morgan fingerprint density at radius 2 is 1.83 bits per heavy atom. The van der Waals surface area contributed by atoms with Gasteiger partial charge in [-0.1, -0.05) is 6.92 Å². The summed E-state index contributed by atoms with van der Waals surface area (Å²) in [4.78, 5) is 50.2. The number of imide groups is 1. The molecule has 156 valence electrons. The van der Waals surface area contributed by atoms with Gasteiger partial charge in [-0.2, -0.15) is 5.01 Å². The Labute approximate surface area is 169 Å². The number of hydrazine groups is 1. The minimum Gasteiger partial charge on any atom is -0.338 e. The number of rotatable bonds is 4. The normalized spacial score (nSPS) is 28.0. The van der Waals surface area contributed by atoms with Crippen molar-refractivity contribution in [3.63, 3.8) is 0 Å². The molecule has 10 nitrogen and oxygen atoms in total. The quantitative estimate of drug-likeness (QED) is 0.690. The molecule has 2 saturated heterocycles. The molecule has 0 aromatic carbocycles. The Morgan fingerprint density at radius 1 is 1.17 bits per heavy atom. The van der Waals surface area contributed by atoms with Crippen LogP contribution in [0.3, 0.4) is 0 Å². The van der Waals surface area contributed by atoms with Gasteiger partial charge in [-0.25, -0.2) is 14.8 Å². The molecule has 10 heteroatoms. The van der Waals surface area contributed by atoms with Crippen LogP contribution in [0.25, 0.3) is 0 Å². The fraction of sp³-hybridized carbons (Fsp3) is 0.632. The van der Waals surface area contributed by atoms with E-state index in [0.29, 0.717) is 50.9 Å². The van der Waals surface area contributed by atoms with Crippen molar-refractivity contribution in [1.82, 2.24) is 30.6 Å². The van der Waals surface area contributed by atoms with Crippen LogP contribution in [-0.2, 0) is 9.59 Å². The van der Waals surface area contributed by atoms with Crippen molar-refractivity contribution in [2.75, 3.05) is 37.6 Å². The topological polar surface area (TPSA) is 111 Å². The molecular formula is C19H27N7O3. The highest BCUT2D eigenvalue weighted by Gasteiger charge is 2.52. The Morgan fingerprint density at radius 3 is 2.48 bits per heavy atom. The second-order valence-corrected chi connectivity index (χ2v) is 8.18. The number of urea groups is 1. The number of hydrogen-bond acceptors (Lipinski definition) is 7. The largest absolute Gasteiger partial charge is 0.344 e. The van der Waals surface area contributed by atoms with Crippen molar-refractivity contribution in [3.05, 3.63) is 18.5 Å². The molecule has 1 spiro atoms. The van der Waals surface area contributed by atoms with E-state index in [-0.39, 0.29) is 18.4 Å². The van der Waals surface area contributed by atoms with Crippen molar-refractivity contribution < 1.29 is 14.4 Å². The summed E-state index contributed by atoms with van der Waals surface area (Å²) >= 11 is 0. The summed E-state index contributed by atoms with van der Waals surface area (Å²) in [5.74, 6) is 0.532. The maximum Gasteiger partial charge on any atom is 0.344 e. The van der Waals surface area contributed by atoms with Gasteiger partial charge in [0.1, 0.15) is 5.54 Å². The van der Waals surface area contributed by atoms with Crippen LogP contribution < -0.4 is 15.6 Å². The first-order chi connectivity index (χ1) is 14.0. The van der Waals surface area contributed by atoms with E-state index in [0.717, 1.165) is 17.9 Å². The lowest BCUT2D eigenvalue weighted by molar-refractivity contribution is -0.140. The number of nitrogens with zero attached hydrogens (tertiary/aromatic N) is 5. The highest BCUT2D eigenvalue weighted by atomic mass is 16.2. The summed E-state index contributed by atoms with van der Waals surface area (Å²) in [5, 5.41) is 3.68. The molecule has 1 aromatic rings. The minimum atomic E-state index is -0.849. The van der Waals surface area contributed by atoms with Gasteiger partial charge in [0.15, 0.2) is 0 Å². The van der Waals surface area contributed by atoms with E-state index in [1.807, 2.05) is 4.90 Å². The molecule has 4 rings (SSSR count). The van der Waals surface area contributed by atoms with Crippen molar-refractivity contribution in [2.45, 2.75) is 38.1 Å². The van der Waals surface area contributed by atoms with Crippen molar-refractivity contribution in [2.24, 2.45) is 5.92 Å². The summed E-state index contributed by atoms with van der Waals surface area (Å²) in [6.07, 6.45) is 6.44. The third-order valence-electron chi connectivity index (χ3n) is 6.10. The predicted octanol–water partition coefficient (Wildman–Crippen LogP) is 0.131. The van der Waals surface area contributed by atoms with Gasteiger partial charge in [0.05, 0.1) is 6.54 Å². The Bertz CT molecular complexity index is 771. The van der Waals surface area contributed by atoms with Crippen LogP contribution >= 0.6 is 0 Å². The maximum absolute atomic E-state index is 12.8. The molecule has 2 aliphatic heterocycles. The number of hydrogen-bond donors (Lipinski definition) is 2. The Kier molecular flexibility index (Phi) is 5.35. The maximum atomic E-state index is 12.8. The zero-order valence-electron chi connectivity index (χ0n) is 16.6. The molecule has 2 N–H and O–H groups in total. The van der Waals surface area contributed by atoms with Crippen molar-refractivity contribution in [3.8, 4) is 0 Å². The lowest BCUT2D eigenvalue weighted by Gasteiger charge is -2.34. The average molecular weight is 401 g/mol. The monoisotopic (exact) mass is 401 g/mol. The molecule has 0 radical (unpaired) electrons. The smallest absolute Gasteiger partial charge is 0.338 e. The molecule has 3 heterocycles. The molecule has 1 aliphatic carbocycles. The van der Waals surface area contributed by atoms with E-state index in [1.54, 1.807) is 18.5 Å². The molecule has 29 heavy (non-hydrogen) atoms. The molecular weight excluding hydrogens is 374 g/mol. The first-order valence-electron chi connectivity index (χ1n) is 10.2. The van der Waals surface area contributed by atoms with Gasteiger partial charge in [-0.05, 0) is 37.7 Å². The first kappa shape index (κ1) is 19.6. The molecule has 0 atom stereocenters. The summed E-state index contributed by atoms with van der Waals surface area (Å²) in [7, 11) is 0. The highest BCUT2D eigenvalue weighted by molar-refractivity contribution is 6.08. The fourth-order valence-electron chi connectivity index (χ4n) is 4.24. The number of carbonyl (C=O) groups is 3. The molecule has 3 fully saturated rings. The lowest BCUT2D eigenvalue weighted by Crippen LogP contribution is -2.54. The van der Waals surface area contributed by atoms with E-state index < -0.39 is 11.6 Å². The van der Waals surface area contributed by atoms with Crippen LogP contribution in [0.5, 0.6) is 0 Å². The molecule has 1 saturated carbocycles. The fourth-order valence-corrected chi connectivity index (χ4v) is 4.24. The number of carbonyl (C=O) groups excluding carboxylic acids is 3. The summed E-state index contributed by atoms with van der Waals surface area (Å²) in [6.45, 7) is 5.05. The van der Waals surface area contributed by atoms with Gasteiger partial charge in [0, 0.05) is 38.6 Å². The zero-order valence-corrected chi connectivity index (χ0v) is 16.6. The number of anilines is 1. The third kappa shape index (κ3) is 4.02. The van der Waals surface area contributed by atoms with E-state index in [2.05, 4.69) is 32.5 Å². The van der Waals surface area contributed by atoms with E-state index in [1.165, 1.54) is 0 Å². The van der Waals surface area contributed by atoms with Gasteiger partial charge in [-0.15, -0.1) is 0 Å². The Hall–Kier alpha value is -2.75. The summed E-state index contributed by atoms with van der Waals surface area (Å²) in [6, 6.07) is 1.24. The zero-order chi connectivity index (χ0) is 20.4. The summed E-state index contributed by atoms with van der Waals surface area (Å²) < 4.78 is 0. The minimum absolute atomic E-state index is 0.130. The van der Waals surface area contributed by atoms with Crippen LogP contribution in [0.15, 0.2) is 18.5 Å². The summed E-state index contributed by atoms with van der Waals surface area (Å²) in [5.41, 5.74) is 1.66. The third-order valence-corrected chi connectivity index (χ3v) is 6.10. The van der Waals surface area contributed by atoms with Crippen molar-refractivity contribution in [1.29, 1.82) is 0 Å². The molecule has 0 unspecified atom stereocenters. The van der Waals surface area contributed by atoms with E-state index >= 15 is 0 Å². The van der Waals surface area contributed by atoms with Crippen LogP contribution in [0.4, 0.5) is 10.7 Å². The predicted molar refractivity (Wildman–Crippen MR) is 105 cm³/mol. The van der Waals surface area contributed by atoms with Gasteiger partial charge in [0.25, 0.3) is 11.8 Å².